The lowest BCUT2D eigenvalue weighted by atomic mass is 9.97. The van der Waals surface area contributed by atoms with Crippen molar-refractivity contribution < 1.29 is 14.3 Å². The molecule has 3 nitrogen and oxygen atoms in total. The molecule has 1 aliphatic heterocycles. The number of ether oxygens (including phenoxy) is 2. The molecule has 0 bridgehead atoms. The van der Waals surface area contributed by atoms with E-state index in [1.165, 1.54) is 21.5 Å². The van der Waals surface area contributed by atoms with Gasteiger partial charge in [-0.25, -0.2) is 0 Å². The standard InChI is InChI=1S/C20H18O3/c21-19-10-5-11-20(23-19)22-13-18-16-8-3-1-6-14(16)12-15-7-2-4-9-17(15)18/h1-4,6-9,12,20H,5,10-11,13H2. The van der Waals surface area contributed by atoms with Crippen LogP contribution < -0.4 is 0 Å². The summed E-state index contributed by atoms with van der Waals surface area (Å²) in [6.07, 6.45) is 1.68. The fourth-order valence-electron chi connectivity index (χ4n) is 3.23. The van der Waals surface area contributed by atoms with Crippen LogP contribution in [0.3, 0.4) is 0 Å². The van der Waals surface area contributed by atoms with Gasteiger partial charge in [0.2, 0.25) is 6.29 Å². The Morgan fingerprint density at radius 1 is 1.00 bits per heavy atom. The van der Waals surface area contributed by atoms with Crippen molar-refractivity contribution in [2.24, 2.45) is 0 Å². The summed E-state index contributed by atoms with van der Waals surface area (Å²) in [4.78, 5) is 11.4. The molecule has 1 atom stereocenters. The summed E-state index contributed by atoms with van der Waals surface area (Å²) in [5.74, 6) is -0.163. The third-order valence-electron chi connectivity index (χ3n) is 4.38. The lowest BCUT2D eigenvalue weighted by Crippen LogP contribution is -2.25. The highest BCUT2D eigenvalue weighted by Crippen LogP contribution is 2.30. The highest BCUT2D eigenvalue weighted by molar-refractivity contribution is 6.02. The Bertz CT molecular complexity index is 815. The zero-order valence-corrected chi connectivity index (χ0v) is 12.8. The van der Waals surface area contributed by atoms with Crippen LogP contribution in [0, 0.1) is 0 Å². The molecule has 1 saturated heterocycles. The van der Waals surface area contributed by atoms with Gasteiger partial charge in [-0.3, -0.25) is 4.79 Å². The van der Waals surface area contributed by atoms with Crippen molar-refractivity contribution in [3.8, 4) is 0 Å². The lowest BCUT2D eigenvalue weighted by Gasteiger charge is -2.23. The molecule has 0 N–H and O–H groups in total. The summed E-state index contributed by atoms with van der Waals surface area (Å²) in [5, 5.41) is 4.78. The molecule has 1 aliphatic rings. The molecule has 0 saturated carbocycles. The normalized spacial score (nSPS) is 18.3. The third kappa shape index (κ3) is 2.80. The van der Waals surface area contributed by atoms with Crippen LogP contribution in [-0.2, 0) is 20.9 Å². The Morgan fingerprint density at radius 2 is 1.65 bits per heavy atom. The molecule has 1 unspecified atom stereocenters. The lowest BCUT2D eigenvalue weighted by molar-refractivity contribution is -0.191. The molecule has 0 aromatic heterocycles. The maximum atomic E-state index is 11.4. The SMILES string of the molecule is O=C1CCCC(OCc2c3ccccc3cc3ccccc23)O1. The predicted molar refractivity (Wildman–Crippen MR) is 90.0 cm³/mol. The molecule has 4 rings (SSSR count). The maximum Gasteiger partial charge on any atom is 0.308 e. The molecule has 116 valence electrons. The quantitative estimate of drug-likeness (QED) is 0.525. The molecule has 3 heteroatoms. The van der Waals surface area contributed by atoms with Gasteiger partial charge in [0.25, 0.3) is 0 Å². The fraction of sp³-hybridized carbons (Fsp3) is 0.250. The minimum absolute atomic E-state index is 0.163. The molecule has 0 radical (unpaired) electrons. The number of benzene rings is 3. The van der Waals surface area contributed by atoms with Crippen LogP contribution in [0.5, 0.6) is 0 Å². The van der Waals surface area contributed by atoms with E-state index >= 15 is 0 Å². The summed E-state index contributed by atoms with van der Waals surface area (Å²) >= 11 is 0. The van der Waals surface area contributed by atoms with E-state index in [1.807, 2.05) is 24.3 Å². The van der Waals surface area contributed by atoms with Gasteiger partial charge in [-0.15, -0.1) is 0 Å². The number of hydrogen-bond acceptors (Lipinski definition) is 3. The fourth-order valence-corrected chi connectivity index (χ4v) is 3.23. The van der Waals surface area contributed by atoms with Gasteiger partial charge < -0.3 is 9.47 Å². The van der Waals surface area contributed by atoms with E-state index in [1.54, 1.807) is 0 Å². The number of hydrogen-bond donors (Lipinski definition) is 0. The van der Waals surface area contributed by atoms with Gasteiger partial charge >= 0.3 is 5.97 Å². The van der Waals surface area contributed by atoms with Gasteiger partial charge in [0.05, 0.1) is 6.61 Å². The molecule has 0 spiro atoms. The molecule has 3 aromatic carbocycles. The van der Waals surface area contributed by atoms with E-state index in [4.69, 9.17) is 9.47 Å². The first-order valence-corrected chi connectivity index (χ1v) is 8.02. The molecule has 23 heavy (non-hydrogen) atoms. The van der Waals surface area contributed by atoms with Gasteiger partial charge in [0.1, 0.15) is 0 Å². The van der Waals surface area contributed by atoms with Crippen LogP contribution in [0.15, 0.2) is 54.6 Å². The van der Waals surface area contributed by atoms with E-state index in [-0.39, 0.29) is 5.97 Å². The number of fused-ring (bicyclic) bond motifs is 2. The average Bonchev–Trinajstić information content (AvgIpc) is 2.58. The van der Waals surface area contributed by atoms with Crippen molar-refractivity contribution in [3.63, 3.8) is 0 Å². The molecule has 0 aliphatic carbocycles. The monoisotopic (exact) mass is 306 g/mol. The second-order valence-electron chi connectivity index (χ2n) is 5.92. The van der Waals surface area contributed by atoms with Crippen LogP contribution in [0.4, 0.5) is 0 Å². The Morgan fingerprint density at radius 3 is 2.30 bits per heavy atom. The number of esters is 1. The molecular weight excluding hydrogens is 288 g/mol. The molecule has 1 heterocycles. The van der Waals surface area contributed by atoms with Crippen molar-refractivity contribution in [3.05, 3.63) is 60.2 Å². The van der Waals surface area contributed by atoms with E-state index in [2.05, 4.69) is 30.3 Å². The van der Waals surface area contributed by atoms with Gasteiger partial charge in [0, 0.05) is 12.8 Å². The first-order chi connectivity index (χ1) is 11.3. The van der Waals surface area contributed by atoms with Crippen molar-refractivity contribution in [1.82, 2.24) is 0 Å². The van der Waals surface area contributed by atoms with Gasteiger partial charge in [-0.1, -0.05) is 48.5 Å². The van der Waals surface area contributed by atoms with Crippen molar-refractivity contribution in [2.75, 3.05) is 0 Å². The zero-order chi connectivity index (χ0) is 15.6. The average molecular weight is 306 g/mol. The number of cyclic esters (lactones) is 1. The Kier molecular flexibility index (Phi) is 3.72. The summed E-state index contributed by atoms with van der Waals surface area (Å²) in [6, 6.07) is 18.9. The Hall–Kier alpha value is -2.39. The summed E-state index contributed by atoms with van der Waals surface area (Å²) in [6.45, 7) is 0.444. The second kappa shape index (κ2) is 6.01. The first kappa shape index (κ1) is 14.2. The third-order valence-corrected chi connectivity index (χ3v) is 4.38. The van der Waals surface area contributed by atoms with Gasteiger partial charge in [-0.05, 0) is 39.6 Å². The molecule has 0 amide bonds. The molecule has 1 fully saturated rings. The molecular formula is C20H18O3. The van der Waals surface area contributed by atoms with E-state index in [9.17, 15) is 4.79 Å². The highest BCUT2D eigenvalue weighted by Gasteiger charge is 2.21. The van der Waals surface area contributed by atoms with Crippen LogP contribution in [0.25, 0.3) is 21.5 Å². The van der Waals surface area contributed by atoms with Crippen LogP contribution >= 0.6 is 0 Å². The minimum Gasteiger partial charge on any atom is -0.436 e. The van der Waals surface area contributed by atoms with Crippen LogP contribution in [-0.4, -0.2) is 12.3 Å². The summed E-state index contributed by atoms with van der Waals surface area (Å²) < 4.78 is 11.2. The van der Waals surface area contributed by atoms with Crippen molar-refractivity contribution in [2.45, 2.75) is 32.2 Å². The largest absolute Gasteiger partial charge is 0.436 e. The van der Waals surface area contributed by atoms with Crippen LogP contribution in [0.2, 0.25) is 0 Å². The molecule has 3 aromatic rings. The zero-order valence-electron chi connectivity index (χ0n) is 12.8. The Labute approximate surface area is 134 Å². The van der Waals surface area contributed by atoms with Crippen molar-refractivity contribution in [1.29, 1.82) is 0 Å². The topological polar surface area (TPSA) is 35.5 Å². The van der Waals surface area contributed by atoms with Crippen LogP contribution in [0.1, 0.15) is 24.8 Å². The first-order valence-electron chi connectivity index (χ1n) is 8.02. The van der Waals surface area contributed by atoms with E-state index < -0.39 is 6.29 Å². The van der Waals surface area contributed by atoms with Gasteiger partial charge in [0.15, 0.2) is 0 Å². The maximum absolute atomic E-state index is 11.4. The highest BCUT2D eigenvalue weighted by atomic mass is 16.7. The smallest absolute Gasteiger partial charge is 0.308 e. The van der Waals surface area contributed by atoms with Crippen molar-refractivity contribution >= 4 is 27.5 Å². The predicted octanol–water partition coefficient (Wildman–Crippen LogP) is 4.56. The van der Waals surface area contributed by atoms with Gasteiger partial charge in [-0.2, -0.15) is 0 Å². The summed E-state index contributed by atoms with van der Waals surface area (Å²) in [7, 11) is 0. The Balaban J connectivity index is 1.72. The minimum atomic E-state index is -0.422. The number of carbonyl (C=O) groups excluding carboxylic acids is 1. The number of rotatable bonds is 3. The van der Waals surface area contributed by atoms with E-state index in [0.717, 1.165) is 18.4 Å². The number of carbonyl (C=O) groups is 1. The summed E-state index contributed by atoms with van der Waals surface area (Å²) in [5.41, 5.74) is 1.15. The van der Waals surface area contributed by atoms with E-state index in [0.29, 0.717) is 13.0 Å². The second-order valence-corrected chi connectivity index (χ2v) is 5.92.